The van der Waals surface area contributed by atoms with Crippen LogP contribution in [0.2, 0.25) is 13.1 Å². The Hall–Kier alpha value is -4.18. The maximum Gasteiger partial charge on any atom is 4.00 e. The molecular formula is C46H38Cl2N2SiZr. The van der Waals surface area contributed by atoms with E-state index in [-0.39, 0.29) is 51.0 Å². The van der Waals surface area contributed by atoms with Crippen LogP contribution in [-0.2, 0) is 26.2 Å². The molecule has 2 radical (unpaired) electrons. The number of hydrogen-bond acceptors (Lipinski definition) is 0. The zero-order chi connectivity index (χ0) is 33.5. The average Bonchev–Trinajstić information content (AvgIpc) is 3.89. The van der Waals surface area contributed by atoms with Gasteiger partial charge in [0.2, 0.25) is 0 Å². The van der Waals surface area contributed by atoms with Crippen molar-refractivity contribution < 1.29 is 51.0 Å². The normalized spacial score (nSPS) is 10.7. The first-order valence-electron chi connectivity index (χ1n) is 16.9. The molecule has 0 aliphatic carbocycles. The summed E-state index contributed by atoms with van der Waals surface area (Å²) in [5.74, 6) is 0. The van der Waals surface area contributed by atoms with Gasteiger partial charge in [-0.2, -0.15) is 12.1 Å². The molecule has 254 valence electrons. The minimum Gasteiger partial charge on any atom is -1.00 e. The minimum atomic E-state index is 0. The van der Waals surface area contributed by atoms with Crippen molar-refractivity contribution in [2.75, 3.05) is 0 Å². The number of nitrogens with one attached hydrogen (secondary N) is 2. The third-order valence-corrected chi connectivity index (χ3v) is 9.45. The molecular weight excluding hydrogens is 771 g/mol. The second-order valence-corrected chi connectivity index (χ2v) is 14.0. The Kier molecular flexibility index (Phi) is 12.5. The second-order valence-electron chi connectivity index (χ2n) is 13.0. The van der Waals surface area contributed by atoms with Gasteiger partial charge in [0.15, 0.2) is 0 Å². The van der Waals surface area contributed by atoms with Gasteiger partial charge in [-0.05, 0) is 23.3 Å². The largest absolute Gasteiger partial charge is 4.00 e. The molecule has 2 aromatic heterocycles. The van der Waals surface area contributed by atoms with E-state index in [1.165, 1.54) is 98.5 Å². The van der Waals surface area contributed by atoms with Gasteiger partial charge in [0, 0.05) is 42.1 Å². The Morgan fingerprint density at radius 3 is 1.19 bits per heavy atom. The number of hydrogen-bond donors (Lipinski definition) is 2. The molecule has 0 unspecified atom stereocenters. The molecule has 0 spiro atoms. The van der Waals surface area contributed by atoms with Crippen LogP contribution in [0.1, 0.15) is 11.1 Å². The molecule has 0 bridgehead atoms. The van der Waals surface area contributed by atoms with E-state index in [1.54, 1.807) is 0 Å². The molecule has 10 rings (SSSR count). The Balaban J connectivity index is 0.000000178. The molecule has 0 aliphatic rings. The summed E-state index contributed by atoms with van der Waals surface area (Å²) in [7, 11) is 1.08. The van der Waals surface area contributed by atoms with Crippen LogP contribution in [0.3, 0.4) is 0 Å². The summed E-state index contributed by atoms with van der Waals surface area (Å²) < 4.78 is 0. The van der Waals surface area contributed by atoms with E-state index in [9.17, 15) is 0 Å². The fraction of sp³-hybridized carbons (Fsp3) is 0.0870. The SMILES string of the molecule is C[Si]C.Cc1cc2c(-c3cccc4c3[nH]c3ccccc34)cccc2[cH-]1.Cc1cc2c(-c3cccc4c3[nH]c3ccccc34)cccc2[cH-]1.[Cl-].[Cl-].[Zr+4]. The second kappa shape index (κ2) is 16.7. The topological polar surface area (TPSA) is 31.6 Å². The smallest absolute Gasteiger partial charge is 1.00 e. The summed E-state index contributed by atoms with van der Waals surface area (Å²) in [6.07, 6.45) is 0. The molecule has 8 aromatic carbocycles. The molecule has 0 atom stereocenters. The molecule has 0 aliphatic heterocycles. The number of H-pyrrole nitrogens is 2. The Bertz CT molecular complexity index is 2580. The van der Waals surface area contributed by atoms with Crippen molar-refractivity contribution >= 4 is 74.7 Å². The molecule has 0 saturated carbocycles. The Morgan fingerprint density at radius 1 is 0.423 bits per heavy atom. The van der Waals surface area contributed by atoms with Crippen LogP contribution in [-0.4, -0.2) is 19.5 Å². The van der Waals surface area contributed by atoms with Crippen molar-refractivity contribution in [2.24, 2.45) is 0 Å². The fourth-order valence-electron chi connectivity index (χ4n) is 7.43. The molecule has 0 saturated heterocycles. The van der Waals surface area contributed by atoms with E-state index in [1.807, 2.05) is 0 Å². The van der Waals surface area contributed by atoms with E-state index in [0.29, 0.717) is 0 Å². The van der Waals surface area contributed by atoms with Crippen molar-refractivity contribution in [3.63, 3.8) is 0 Å². The molecule has 2 nitrogen and oxygen atoms in total. The van der Waals surface area contributed by atoms with Crippen molar-refractivity contribution in [3.05, 3.63) is 157 Å². The van der Waals surface area contributed by atoms with Crippen LogP contribution in [0.4, 0.5) is 0 Å². The fourth-order valence-corrected chi connectivity index (χ4v) is 7.43. The van der Waals surface area contributed by atoms with Crippen molar-refractivity contribution in [1.29, 1.82) is 0 Å². The van der Waals surface area contributed by atoms with Gasteiger partial charge in [-0.1, -0.05) is 123 Å². The van der Waals surface area contributed by atoms with E-state index < -0.39 is 0 Å². The van der Waals surface area contributed by atoms with E-state index in [2.05, 4.69) is 183 Å². The third-order valence-electron chi connectivity index (χ3n) is 9.45. The molecule has 10 aromatic rings. The number of benzene rings is 6. The van der Waals surface area contributed by atoms with Crippen LogP contribution < -0.4 is 24.8 Å². The zero-order valence-electron chi connectivity index (χ0n) is 29.6. The van der Waals surface area contributed by atoms with Crippen LogP contribution in [0.5, 0.6) is 0 Å². The molecule has 0 amide bonds. The van der Waals surface area contributed by atoms with Crippen LogP contribution in [0.15, 0.2) is 146 Å². The van der Waals surface area contributed by atoms with Gasteiger partial charge in [0.05, 0.1) is 11.0 Å². The Labute approximate surface area is 339 Å². The molecule has 52 heavy (non-hydrogen) atoms. The summed E-state index contributed by atoms with van der Waals surface area (Å²) in [6, 6.07) is 52.4. The summed E-state index contributed by atoms with van der Waals surface area (Å²) in [5.41, 5.74) is 12.6. The van der Waals surface area contributed by atoms with Crippen molar-refractivity contribution in [1.82, 2.24) is 9.97 Å². The molecule has 6 heteroatoms. The van der Waals surface area contributed by atoms with E-state index >= 15 is 0 Å². The number of halogens is 2. The Morgan fingerprint density at radius 2 is 0.769 bits per heavy atom. The summed E-state index contributed by atoms with van der Waals surface area (Å²) >= 11 is 0. The first-order valence-corrected chi connectivity index (χ1v) is 18.9. The number of para-hydroxylation sites is 4. The van der Waals surface area contributed by atoms with Gasteiger partial charge in [-0.15, -0.1) is 69.1 Å². The number of aromatic nitrogens is 2. The molecule has 2 heterocycles. The summed E-state index contributed by atoms with van der Waals surface area (Å²) in [4.78, 5) is 7.23. The number of rotatable bonds is 2. The maximum atomic E-state index is 3.62. The van der Waals surface area contributed by atoms with Gasteiger partial charge >= 0.3 is 26.2 Å². The van der Waals surface area contributed by atoms with Gasteiger partial charge in [0.1, 0.15) is 0 Å². The average molecular weight is 809 g/mol. The van der Waals surface area contributed by atoms with Gasteiger partial charge < -0.3 is 34.8 Å². The van der Waals surface area contributed by atoms with Crippen LogP contribution >= 0.6 is 0 Å². The molecule has 2 N–H and O–H groups in total. The number of aryl methyl sites for hydroxylation is 2. The molecule has 0 fully saturated rings. The first-order chi connectivity index (χ1) is 24.0. The summed E-state index contributed by atoms with van der Waals surface area (Å²) in [5, 5.41) is 10.4. The van der Waals surface area contributed by atoms with Crippen LogP contribution in [0, 0.1) is 13.8 Å². The predicted octanol–water partition coefficient (Wildman–Crippen LogP) is 7.13. The maximum absolute atomic E-state index is 3.62. The van der Waals surface area contributed by atoms with E-state index in [4.69, 9.17) is 0 Å². The quantitative estimate of drug-likeness (QED) is 0.138. The third kappa shape index (κ3) is 7.10. The minimum absolute atomic E-state index is 0. The van der Waals surface area contributed by atoms with Gasteiger partial charge in [0.25, 0.3) is 0 Å². The predicted molar refractivity (Wildman–Crippen MR) is 216 cm³/mol. The van der Waals surface area contributed by atoms with E-state index in [0.717, 1.165) is 9.52 Å². The van der Waals surface area contributed by atoms with Crippen molar-refractivity contribution in [2.45, 2.75) is 26.9 Å². The first kappa shape index (κ1) is 39.0. The van der Waals surface area contributed by atoms with Crippen molar-refractivity contribution in [3.8, 4) is 22.3 Å². The van der Waals surface area contributed by atoms with Crippen LogP contribution in [0.25, 0.3) is 87.4 Å². The monoisotopic (exact) mass is 806 g/mol. The number of aromatic amines is 2. The zero-order valence-corrected chi connectivity index (χ0v) is 34.6. The number of fused-ring (bicyclic) bond motifs is 8. The summed E-state index contributed by atoms with van der Waals surface area (Å²) in [6.45, 7) is 8.63. The standard InChI is InChI=1S/2C22H16N.C2H6Si.2ClH.Zr/c2*1-14-12-15-6-4-8-16(20(15)13-14)18-9-5-10-19-17-7-2-3-11-21(17)23-22(18)19;1-3-2;;;/h2*2-13,23H,1H3;1-2H3;2*1H;/q2*-1;;;;+4/p-2. The van der Waals surface area contributed by atoms with Gasteiger partial charge in [-0.3, -0.25) is 0 Å². The van der Waals surface area contributed by atoms with Gasteiger partial charge in [-0.25, -0.2) is 0 Å².